The summed E-state index contributed by atoms with van der Waals surface area (Å²) >= 11 is 7.53. The first-order chi connectivity index (χ1) is 17.5. The standard InChI is InChI=1S/C28H33ClF2N2O2S/c1-35-23-4-6-28-26(16-23)25(7-9-32-28)27(31)5-3-19-8-11-33(17-20(19)18-34)10-2-12-36-24-14-21(29)13-22(30)15-24/h4,6-7,9,13-16,19-20,27,34H,2-3,5,8,10-12,17-18H2,1H3/t19-,20-,27+/m1/s1. The second-order valence-corrected chi connectivity index (χ2v) is 11.0. The van der Waals surface area contributed by atoms with Crippen molar-refractivity contribution in [3.8, 4) is 5.75 Å². The summed E-state index contributed by atoms with van der Waals surface area (Å²) in [5.41, 5.74) is 1.41. The molecule has 0 radical (unpaired) electrons. The maximum absolute atomic E-state index is 15.4. The number of halogens is 3. The van der Waals surface area contributed by atoms with Crippen molar-refractivity contribution in [2.45, 2.75) is 36.8 Å². The molecule has 2 heterocycles. The van der Waals surface area contributed by atoms with E-state index < -0.39 is 6.17 Å². The maximum atomic E-state index is 15.4. The van der Waals surface area contributed by atoms with E-state index in [0.717, 1.165) is 60.4 Å². The SMILES string of the molecule is COc1ccc2nccc([C@@H](F)CC[C@@H]3CCN(CCCSc4cc(F)cc(Cl)c4)C[C@@H]3CO)c2c1. The zero-order chi connectivity index (χ0) is 25.5. The van der Waals surface area contributed by atoms with Gasteiger partial charge in [0.1, 0.15) is 17.7 Å². The average Bonchev–Trinajstić information content (AvgIpc) is 2.88. The van der Waals surface area contributed by atoms with Crippen molar-refractivity contribution < 1.29 is 18.6 Å². The normalized spacial score (nSPS) is 19.5. The molecule has 0 spiro atoms. The van der Waals surface area contributed by atoms with Crippen molar-refractivity contribution in [2.24, 2.45) is 11.8 Å². The highest BCUT2D eigenvalue weighted by Crippen LogP contribution is 2.35. The molecule has 194 valence electrons. The Hall–Kier alpha value is -1.93. The third kappa shape index (κ3) is 7.09. The molecule has 0 aliphatic carbocycles. The maximum Gasteiger partial charge on any atom is 0.126 e. The molecule has 0 unspecified atom stereocenters. The molecular formula is C28H33ClF2N2O2S. The Labute approximate surface area is 221 Å². The second kappa shape index (κ2) is 13.0. The number of aliphatic hydroxyl groups is 1. The van der Waals surface area contributed by atoms with Crippen LogP contribution in [0.3, 0.4) is 0 Å². The van der Waals surface area contributed by atoms with Gasteiger partial charge in [0.15, 0.2) is 0 Å². The number of hydrogen-bond donors (Lipinski definition) is 1. The summed E-state index contributed by atoms with van der Waals surface area (Å²) in [6.07, 6.45) is 3.65. The Balaban J connectivity index is 1.25. The highest BCUT2D eigenvalue weighted by Gasteiger charge is 2.29. The molecule has 8 heteroatoms. The van der Waals surface area contributed by atoms with Crippen LogP contribution < -0.4 is 4.74 Å². The molecule has 0 amide bonds. The summed E-state index contributed by atoms with van der Waals surface area (Å²) in [6.45, 7) is 2.81. The topological polar surface area (TPSA) is 45.6 Å². The predicted octanol–water partition coefficient (Wildman–Crippen LogP) is 6.94. The summed E-state index contributed by atoms with van der Waals surface area (Å²) in [5.74, 6) is 1.70. The Bertz CT molecular complexity index is 1130. The molecule has 1 aliphatic rings. The first-order valence-electron chi connectivity index (χ1n) is 12.5. The molecule has 36 heavy (non-hydrogen) atoms. The lowest BCUT2D eigenvalue weighted by atomic mass is 9.81. The minimum absolute atomic E-state index is 0.115. The number of methoxy groups -OCH3 is 1. The quantitative estimate of drug-likeness (QED) is 0.213. The van der Waals surface area contributed by atoms with E-state index in [0.29, 0.717) is 28.7 Å². The van der Waals surface area contributed by atoms with Crippen LogP contribution in [0.2, 0.25) is 5.02 Å². The van der Waals surface area contributed by atoms with Crippen molar-refractivity contribution in [3.05, 3.63) is 65.1 Å². The molecule has 4 rings (SSSR count). The van der Waals surface area contributed by atoms with Crippen LogP contribution in [0.1, 0.15) is 37.4 Å². The van der Waals surface area contributed by atoms with Crippen molar-refractivity contribution in [1.29, 1.82) is 0 Å². The number of fused-ring (bicyclic) bond motifs is 1. The van der Waals surface area contributed by atoms with Gasteiger partial charge in [-0.1, -0.05) is 11.6 Å². The number of ether oxygens (including phenoxy) is 1. The summed E-state index contributed by atoms with van der Waals surface area (Å²) in [4.78, 5) is 7.58. The number of nitrogens with zero attached hydrogens (tertiary/aromatic N) is 2. The lowest BCUT2D eigenvalue weighted by Gasteiger charge is -2.38. The average molecular weight is 535 g/mol. The first kappa shape index (κ1) is 27.1. The van der Waals surface area contributed by atoms with Crippen molar-refractivity contribution >= 4 is 34.3 Å². The van der Waals surface area contributed by atoms with E-state index in [1.807, 2.05) is 18.2 Å². The number of aliphatic hydroxyl groups excluding tert-OH is 1. The van der Waals surface area contributed by atoms with Crippen LogP contribution in [0.25, 0.3) is 10.9 Å². The summed E-state index contributed by atoms with van der Waals surface area (Å²) < 4.78 is 34.2. The van der Waals surface area contributed by atoms with E-state index in [2.05, 4.69) is 9.88 Å². The van der Waals surface area contributed by atoms with Gasteiger partial charge in [0.2, 0.25) is 0 Å². The number of hydrogen-bond acceptors (Lipinski definition) is 5. The minimum Gasteiger partial charge on any atom is -0.497 e. The zero-order valence-corrected chi connectivity index (χ0v) is 22.1. The van der Waals surface area contributed by atoms with Gasteiger partial charge in [-0.15, -0.1) is 11.8 Å². The Morgan fingerprint density at radius 1 is 1.22 bits per heavy atom. The number of piperidine rings is 1. The molecule has 1 N–H and O–H groups in total. The number of alkyl halides is 1. The van der Waals surface area contributed by atoms with Crippen molar-refractivity contribution in [3.63, 3.8) is 0 Å². The van der Waals surface area contributed by atoms with Gasteiger partial charge in [0, 0.05) is 34.7 Å². The van der Waals surface area contributed by atoms with Crippen LogP contribution in [-0.2, 0) is 0 Å². The highest BCUT2D eigenvalue weighted by atomic mass is 35.5. The number of benzene rings is 2. The third-order valence-corrected chi connectivity index (χ3v) is 8.32. The largest absolute Gasteiger partial charge is 0.497 e. The fraction of sp³-hybridized carbons (Fsp3) is 0.464. The fourth-order valence-electron chi connectivity index (χ4n) is 5.10. The molecule has 1 aliphatic heterocycles. The summed E-state index contributed by atoms with van der Waals surface area (Å²) in [6, 6.07) is 11.9. The lowest BCUT2D eigenvalue weighted by Crippen LogP contribution is -2.42. The van der Waals surface area contributed by atoms with E-state index >= 15 is 4.39 Å². The third-order valence-electron chi connectivity index (χ3n) is 7.04. The van der Waals surface area contributed by atoms with Crippen LogP contribution in [0.15, 0.2) is 53.6 Å². The van der Waals surface area contributed by atoms with Gasteiger partial charge >= 0.3 is 0 Å². The molecule has 4 nitrogen and oxygen atoms in total. The molecule has 0 saturated carbocycles. The molecule has 2 aromatic carbocycles. The van der Waals surface area contributed by atoms with Gasteiger partial charge in [-0.2, -0.15) is 0 Å². The van der Waals surface area contributed by atoms with E-state index in [4.69, 9.17) is 16.3 Å². The molecule has 1 aromatic heterocycles. The number of likely N-dealkylation sites (tertiary alicyclic amines) is 1. The van der Waals surface area contributed by atoms with Gasteiger partial charge in [-0.05, 0) is 104 Å². The van der Waals surface area contributed by atoms with Gasteiger partial charge < -0.3 is 14.7 Å². The van der Waals surface area contributed by atoms with Gasteiger partial charge in [-0.25, -0.2) is 8.78 Å². The summed E-state index contributed by atoms with van der Waals surface area (Å²) in [5, 5.41) is 11.2. The smallest absolute Gasteiger partial charge is 0.126 e. The molecule has 0 bridgehead atoms. The monoisotopic (exact) mass is 534 g/mol. The number of thioether (sulfide) groups is 1. The van der Waals surface area contributed by atoms with Gasteiger partial charge in [-0.3, -0.25) is 4.98 Å². The van der Waals surface area contributed by atoms with Gasteiger partial charge in [0.05, 0.1) is 12.6 Å². The van der Waals surface area contributed by atoms with Crippen LogP contribution in [0.4, 0.5) is 8.78 Å². The second-order valence-electron chi connectivity index (χ2n) is 9.43. The molecular weight excluding hydrogens is 502 g/mol. The van der Waals surface area contributed by atoms with Crippen LogP contribution in [-0.4, -0.2) is 54.1 Å². The number of rotatable bonds is 11. The van der Waals surface area contributed by atoms with E-state index in [1.54, 1.807) is 37.2 Å². The Morgan fingerprint density at radius 3 is 2.86 bits per heavy atom. The Kier molecular flexibility index (Phi) is 9.82. The molecule has 1 fully saturated rings. The Morgan fingerprint density at radius 2 is 2.08 bits per heavy atom. The van der Waals surface area contributed by atoms with Crippen LogP contribution >= 0.6 is 23.4 Å². The van der Waals surface area contributed by atoms with Crippen LogP contribution in [0, 0.1) is 17.7 Å². The zero-order valence-electron chi connectivity index (χ0n) is 20.5. The summed E-state index contributed by atoms with van der Waals surface area (Å²) in [7, 11) is 1.60. The molecule has 3 atom stereocenters. The minimum atomic E-state index is -1.09. The number of aromatic nitrogens is 1. The van der Waals surface area contributed by atoms with E-state index in [-0.39, 0.29) is 18.3 Å². The lowest BCUT2D eigenvalue weighted by molar-refractivity contribution is 0.0640. The number of pyridine rings is 1. The van der Waals surface area contributed by atoms with Gasteiger partial charge in [0.25, 0.3) is 0 Å². The van der Waals surface area contributed by atoms with Crippen molar-refractivity contribution in [1.82, 2.24) is 9.88 Å². The highest BCUT2D eigenvalue weighted by molar-refractivity contribution is 7.99. The van der Waals surface area contributed by atoms with Crippen LogP contribution in [0.5, 0.6) is 5.75 Å². The molecule has 1 saturated heterocycles. The fourth-order valence-corrected chi connectivity index (χ4v) is 6.30. The van der Waals surface area contributed by atoms with E-state index in [9.17, 15) is 9.50 Å². The first-order valence-corrected chi connectivity index (χ1v) is 13.8. The molecule has 3 aromatic rings. The van der Waals surface area contributed by atoms with Crippen molar-refractivity contribution in [2.75, 3.05) is 39.1 Å². The predicted molar refractivity (Wildman–Crippen MR) is 143 cm³/mol. The van der Waals surface area contributed by atoms with E-state index in [1.165, 1.54) is 12.1 Å².